The van der Waals surface area contributed by atoms with E-state index >= 15 is 0 Å². The van der Waals surface area contributed by atoms with Gasteiger partial charge in [0.2, 0.25) is 5.91 Å². The number of allylic oxidation sites excluding steroid dienone is 1. The summed E-state index contributed by atoms with van der Waals surface area (Å²) in [6.07, 6.45) is 5.37. The van der Waals surface area contributed by atoms with Crippen molar-refractivity contribution in [3.63, 3.8) is 0 Å². The highest BCUT2D eigenvalue weighted by molar-refractivity contribution is 6.11. The van der Waals surface area contributed by atoms with Crippen LogP contribution in [0.25, 0.3) is 21.9 Å². The van der Waals surface area contributed by atoms with Gasteiger partial charge in [0, 0.05) is 29.8 Å². The number of aryl methyl sites for hydroxylation is 1. The van der Waals surface area contributed by atoms with Gasteiger partial charge in [0.05, 0.1) is 19.4 Å². The molecule has 0 saturated carbocycles. The van der Waals surface area contributed by atoms with Crippen LogP contribution in [-0.2, 0) is 11.3 Å². The molecule has 204 valence electrons. The summed E-state index contributed by atoms with van der Waals surface area (Å²) in [7, 11) is 1.68. The molecule has 40 heavy (non-hydrogen) atoms. The van der Waals surface area contributed by atoms with Crippen LogP contribution in [0.5, 0.6) is 5.75 Å². The van der Waals surface area contributed by atoms with Gasteiger partial charge in [-0.25, -0.2) is 4.98 Å². The van der Waals surface area contributed by atoms with Crippen LogP contribution in [0, 0.1) is 12.3 Å². The number of pyridine rings is 1. The fourth-order valence-electron chi connectivity index (χ4n) is 4.75. The normalized spacial score (nSPS) is 11.8. The van der Waals surface area contributed by atoms with Gasteiger partial charge in [-0.2, -0.15) is 0 Å². The number of rotatable bonds is 9. The van der Waals surface area contributed by atoms with Crippen LogP contribution in [0.2, 0.25) is 0 Å². The van der Waals surface area contributed by atoms with Gasteiger partial charge in [0.15, 0.2) is 0 Å². The second kappa shape index (κ2) is 12.1. The first-order valence-electron chi connectivity index (χ1n) is 13.4. The zero-order valence-corrected chi connectivity index (χ0v) is 24.1. The molecule has 0 N–H and O–H groups in total. The van der Waals surface area contributed by atoms with E-state index in [-0.39, 0.29) is 11.3 Å². The van der Waals surface area contributed by atoms with E-state index in [0.29, 0.717) is 18.8 Å². The van der Waals surface area contributed by atoms with Crippen molar-refractivity contribution in [2.45, 2.75) is 40.7 Å². The molecular formula is C35H37N3O2. The van der Waals surface area contributed by atoms with Crippen molar-refractivity contribution in [1.82, 2.24) is 4.98 Å². The van der Waals surface area contributed by atoms with Gasteiger partial charge in [-0.05, 0) is 76.4 Å². The Hall–Kier alpha value is -4.51. The van der Waals surface area contributed by atoms with Gasteiger partial charge in [0.1, 0.15) is 11.6 Å². The van der Waals surface area contributed by atoms with Crippen molar-refractivity contribution >= 4 is 28.2 Å². The first kappa shape index (κ1) is 28.5. The van der Waals surface area contributed by atoms with Gasteiger partial charge in [-0.15, -0.1) is 0 Å². The van der Waals surface area contributed by atoms with Crippen molar-refractivity contribution < 1.29 is 9.53 Å². The third-order valence-electron chi connectivity index (χ3n) is 6.72. The third-order valence-corrected chi connectivity index (χ3v) is 6.72. The van der Waals surface area contributed by atoms with Gasteiger partial charge in [-0.3, -0.25) is 14.7 Å². The molecule has 0 saturated heterocycles. The topological polar surface area (TPSA) is 54.8 Å². The predicted molar refractivity (Wildman–Crippen MR) is 167 cm³/mol. The fraction of sp³-hybridized carbons (Fsp3) is 0.229. The van der Waals surface area contributed by atoms with Gasteiger partial charge in [0.25, 0.3) is 0 Å². The molecule has 0 aliphatic carbocycles. The average Bonchev–Trinajstić information content (AvgIpc) is 2.93. The molecule has 1 heterocycles. The third kappa shape index (κ3) is 6.55. The number of hydrogen-bond acceptors (Lipinski definition) is 4. The standard InChI is InChI=1S/C35H37N3O2/c1-8-31(36-9-2)29-14-16-30-28(21-29)18-19-37-34(30)38(33(39)22-35(4,5)6)23-25-10-12-26(13-11-25)27-15-17-32(40-7)24(3)20-27/h8-21H,1-2,22-23H2,3-7H3. The van der Waals surface area contributed by atoms with Gasteiger partial charge in [-0.1, -0.05) is 70.3 Å². The number of carbonyl (C=O) groups excluding carboxylic acids is 1. The van der Waals surface area contributed by atoms with E-state index < -0.39 is 0 Å². The SMILES string of the molecule is C=CN=C(C=C)c1ccc2c(N(Cc3ccc(-c4ccc(OC)c(C)c4)cc3)C(=O)CC(C)(C)C)nccc2c1. The molecule has 5 nitrogen and oxygen atoms in total. The number of benzene rings is 3. The largest absolute Gasteiger partial charge is 0.496 e. The highest BCUT2D eigenvalue weighted by Crippen LogP contribution is 2.31. The lowest BCUT2D eigenvalue weighted by Gasteiger charge is -2.27. The second-order valence-electron chi connectivity index (χ2n) is 11.1. The lowest BCUT2D eigenvalue weighted by atomic mass is 9.91. The molecule has 0 unspecified atom stereocenters. The first-order chi connectivity index (χ1) is 19.1. The van der Waals surface area contributed by atoms with Crippen LogP contribution >= 0.6 is 0 Å². The number of amides is 1. The molecule has 0 bridgehead atoms. The van der Waals surface area contributed by atoms with Crippen molar-refractivity contribution in [2.75, 3.05) is 12.0 Å². The van der Waals surface area contributed by atoms with E-state index in [1.54, 1.807) is 19.4 Å². The number of aliphatic imine (C=N–C) groups is 1. The number of carbonyl (C=O) groups is 1. The minimum Gasteiger partial charge on any atom is -0.496 e. The minimum atomic E-state index is -0.164. The summed E-state index contributed by atoms with van der Waals surface area (Å²) in [5.41, 5.74) is 5.85. The van der Waals surface area contributed by atoms with Gasteiger partial charge >= 0.3 is 0 Å². The molecule has 0 fully saturated rings. The maximum Gasteiger partial charge on any atom is 0.229 e. The van der Waals surface area contributed by atoms with Crippen LogP contribution < -0.4 is 9.64 Å². The van der Waals surface area contributed by atoms with Crippen LogP contribution in [0.1, 0.15) is 43.9 Å². The van der Waals surface area contributed by atoms with Crippen LogP contribution in [0.4, 0.5) is 5.82 Å². The number of hydrogen-bond donors (Lipinski definition) is 0. The number of ether oxygens (including phenoxy) is 1. The number of fused-ring (bicyclic) bond motifs is 1. The predicted octanol–water partition coefficient (Wildman–Crippen LogP) is 8.31. The van der Waals surface area contributed by atoms with E-state index in [1.807, 2.05) is 42.2 Å². The smallest absolute Gasteiger partial charge is 0.229 e. The van der Waals surface area contributed by atoms with Gasteiger partial charge < -0.3 is 4.74 Å². The van der Waals surface area contributed by atoms with Crippen LogP contribution in [0.15, 0.2) is 103 Å². The number of methoxy groups -OCH3 is 1. The second-order valence-corrected chi connectivity index (χ2v) is 11.1. The highest BCUT2D eigenvalue weighted by Gasteiger charge is 2.25. The maximum absolute atomic E-state index is 13.7. The Morgan fingerprint density at radius 2 is 1.73 bits per heavy atom. The Kier molecular flexibility index (Phi) is 8.64. The molecule has 4 rings (SSSR count). The molecule has 0 spiro atoms. The number of aromatic nitrogens is 1. The molecule has 0 aliphatic rings. The summed E-state index contributed by atoms with van der Waals surface area (Å²) in [5.74, 6) is 1.55. The Morgan fingerprint density at radius 1 is 1.00 bits per heavy atom. The Labute approximate surface area is 237 Å². The monoisotopic (exact) mass is 531 g/mol. The summed E-state index contributed by atoms with van der Waals surface area (Å²) >= 11 is 0. The van der Waals surface area contributed by atoms with E-state index in [1.165, 1.54) is 6.20 Å². The average molecular weight is 532 g/mol. The maximum atomic E-state index is 13.7. The quantitative estimate of drug-likeness (QED) is 0.204. The summed E-state index contributed by atoms with van der Waals surface area (Å²) in [6.45, 7) is 16.3. The van der Waals surface area contributed by atoms with Crippen LogP contribution in [0.3, 0.4) is 0 Å². The first-order valence-corrected chi connectivity index (χ1v) is 13.4. The number of anilines is 1. The highest BCUT2D eigenvalue weighted by atomic mass is 16.5. The lowest BCUT2D eigenvalue weighted by molar-refractivity contribution is -0.120. The molecule has 0 aliphatic heterocycles. The Bertz CT molecular complexity index is 1580. The zero-order valence-electron chi connectivity index (χ0n) is 24.1. The summed E-state index contributed by atoms with van der Waals surface area (Å²) in [6, 6.07) is 22.5. The summed E-state index contributed by atoms with van der Waals surface area (Å²) in [5, 5.41) is 1.88. The molecule has 4 aromatic rings. The number of nitrogens with zero attached hydrogens (tertiary/aromatic N) is 3. The Morgan fingerprint density at radius 3 is 2.35 bits per heavy atom. The minimum absolute atomic E-state index is 0.0337. The zero-order chi connectivity index (χ0) is 28.9. The Balaban J connectivity index is 1.71. The molecule has 3 aromatic carbocycles. The van der Waals surface area contributed by atoms with E-state index in [2.05, 4.69) is 75.3 Å². The fourth-order valence-corrected chi connectivity index (χ4v) is 4.75. The van der Waals surface area contributed by atoms with Crippen molar-refractivity contribution in [2.24, 2.45) is 10.4 Å². The van der Waals surface area contributed by atoms with Crippen molar-refractivity contribution in [3.8, 4) is 16.9 Å². The molecule has 5 heteroatoms. The molecule has 1 amide bonds. The molecule has 0 atom stereocenters. The lowest BCUT2D eigenvalue weighted by Crippen LogP contribution is -2.34. The van der Waals surface area contributed by atoms with E-state index in [0.717, 1.165) is 50.1 Å². The van der Waals surface area contributed by atoms with E-state index in [4.69, 9.17) is 9.72 Å². The molecule has 1 aromatic heterocycles. The van der Waals surface area contributed by atoms with Crippen LogP contribution in [-0.4, -0.2) is 23.7 Å². The molecular weight excluding hydrogens is 494 g/mol. The molecule has 0 radical (unpaired) electrons. The summed E-state index contributed by atoms with van der Waals surface area (Å²) < 4.78 is 5.41. The van der Waals surface area contributed by atoms with E-state index in [9.17, 15) is 4.79 Å². The summed E-state index contributed by atoms with van der Waals surface area (Å²) in [4.78, 5) is 24.6. The van der Waals surface area contributed by atoms with Crippen molar-refractivity contribution in [1.29, 1.82) is 0 Å². The van der Waals surface area contributed by atoms with Crippen molar-refractivity contribution in [3.05, 3.63) is 115 Å².